The van der Waals surface area contributed by atoms with E-state index in [2.05, 4.69) is 32.0 Å². The van der Waals surface area contributed by atoms with Gasteiger partial charge in [0.2, 0.25) is 0 Å². The number of hydrogen-bond donors (Lipinski definition) is 0. The van der Waals surface area contributed by atoms with Crippen LogP contribution >= 0.6 is 0 Å². The fraction of sp³-hybridized carbons (Fsp3) is 0.400. The molecule has 0 saturated carbocycles. The summed E-state index contributed by atoms with van der Waals surface area (Å²) in [6.45, 7) is 4.20. The summed E-state index contributed by atoms with van der Waals surface area (Å²) in [4.78, 5) is 0. The van der Waals surface area contributed by atoms with Crippen molar-refractivity contribution in [2.24, 2.45) is 0 Å². The van der Waals surface area contributed by atoms with Gasteiger partial charge in [0.1, 0.15) is 11.9 Å². The van der Waals surface area contributed by atoms with Crippen LogP contribution in [0.3, 0.4) is 0 Å². The molecule has 1 heterocycles. The molecule has 0 radical (unpaired) electrons. The van der Waals surface area contributed by atoms with Gasteiger partial charge < -0.3 is 4.74 Å². The Labute approximate surface area is 67.0 Å². The van der Waals surface area contributed by atoms with Gasteiger partial charge in [-0.15, -0.1) is 0 Å². The Balaban J connectivity index is 2.43. The Hall–Kier alpha value is -0.980. The molecular weight excluding hydrogens is 136 g/mol. The lowest BCUT2D eigenvalue weighted by Gasteiger charge is -2.02. The van der Waals surface area contributed by atoms with E-state index in [1.54, 1.807) is 0 Å². The van der Waals surface area contributed by atoms with Crippen molar-refractivity contribution in [3.63, 3.8) is 0 Å². The first-order chi connectivity index (χ1) is 5.25. The molecule has 1 nitrogen and oxygen atoms in total. The number of aryl methyl sites for hydroxylation is 1. The van der Waals surface area contributed by atoms with Crippen molar-refractivity contribution in [1.82, 2.24) is 0 Å². The molecule has 0 amide bonds. The maximum atomic E-state index is 5.59. The van der Waals surface area contributed by atoms with Crippen LogP contribution in [-0.4, -0.2) is 6.10 Å². The summed E-state index contributed by atoms with van der Waals surface area (Å²) in [5.74, 6) is 1.08. The van der Waals surface area contributed by atoms with Crippen LogP contribution in [0.2, 0.25) is 0 Å². The zero-order valence-electron chi connectivity index (χ0n) is 6.92. The van der Waals surface area contributed by atoms with Crippen LogP contribution < -0.4 is 4.74 Å². The van der Waals surface area contributed by atoms with Gasteiger partial charge in [0.25, 0.3) is 0 Å². The zero-order valence-corrected chi connectivity index (χ0v) is 6.92. The van der Waals surface area contributed by atoms with Crippen molar-refractivity contribution in [3.05, 3.63) is 29.3 Å². The molecule has 1 aromatic rings. The minimum absolute atomic E-state index is 0.367. The van der Waals surface area contributed by atoms with E-state index in [0.29, 0.717) is 6.10 Å². The van der Waals surface area contributed by atoms with Crippen LogP contribution in [0.5, 0.6) is 5.75 Å². The van der Waals surface area contributed by atoms with E-state index >= 15 is 0 Å². The summed E-state index contributed by atoms with van der Waals surface area (Å²) < 4.78 is 5.59. The van der Waals surface area contributed by atoms with Gasteiger partial charge in [0.15, 0.2) is 0 Å². The molecule has 1 aliphatic rings. The summed E-state index contributed by atoms with van der Waals surface area (Å²) in [7, 11) is 0. The first-order valence-electron chi connectivity index (χ1n) is 4.02. The Morgan fingerprint density at radius 2 is 2.27 bits per heavy atom. The molecule has 11 heavy (non-hydrogen) atoms. The molecule has 0 saturated heterocycles. The smallest absolute Gasteiger partial charge is 0.123 e. The van der Waals surface area contributed by atoms with Crippen LogP contribution in [0.15, 0.2) is 18.2 Å². The molecule has 0 spiro atoms. The first-order valence-corrected chi connectivity index (χ1v) is 4.02. The number of fused-ring (bicyclic) bond motifs is 1. The first kappa shape index (κ1) is 6.71. The van der Waals surface area contributed by atoms with Crippen LogP contribution in [-0.2, 0) is 6.42 Å². The van der Waals surface area contributed by atoms with E-state index in [-0.39, 0.29) is 0 Å². The van der Waals surface area contributed by atoms with E-state index in [1.807, 2.05) is 0 Å². The molecule has 1 heteroatoms. The van der Waals surface area contributed by atoms with Crippen molar-refractivity contribution in [2.75, 3.05) is 0 Å². The molecule has 0 unspecified atom stereocenters. The average Bonchev–Trinajstić information content (AvgIpc) is 2.27. The molecule has 0 aromatic heterocycles. The van der Waals surface area contributed by atoms with Gasteiger partial charge in [0.05, 0.1) is 0 Å². The molecule has 0 aliphatic carbocycles. The van der Waals surface area contributed by atoms with Crippen molar-refractivity contribution in [2.45, 2.75) is 26.4 Å². The van der Waals surface area contributed by atoms with Crippen molar-refractivity contribution in [1.29, 1.82) is 0 Å². The van der Waals surface area contributed by atoms with Crippen LogP contribution in [0.25, 0.3) is 0 Å². The van der Waals surface area contributed by atoms with Crippen molar-refractivity contribution in [3.8, 4) is 5.75 Å². The Morgan fingerprint density at radius 3 is 3.09 bits per heavy atom. The maximum Gasteiger partial charge on any atom is 0.123 e. The van der Waals surface area contributed by atoms with Gasteiger partial charge in [-0.3, -0.25) is 0 Å². The molecular formula is C10H12O. The molecule has 1 aliphatic heterocycles. The second-order valence-electron chi connectivity index (χ2n) is 3.24. The van der Waals surface area contributed by atoms with E-state index < -0.39 is 0 Å². The average molecular weight is 148 g/mol. The second kappa shape index (κ2) is 2.26. The highest BCUT2D eigenvalue weighted by Crippen LogP contribution is 2.28. The lowest BCUT2D eigenvalue weighted by atomic mass is 10.1. The molecule has 0 fully saturated rings. The number of hydrogen-bond acceptors (Lipinski definition) is 1. The van der Waals surface area contributed by atoms with E-state index in [9.17, 15) is 0 Å². The summed E-state index contributed by atoms with van der Waals surface area (Å²) in [5.41, 5.74) is 2.63. The maximum absolute atomic E-state index is 5.59. The number of rotatable bonds is 0. The summed E-state index contributed by atoms with van der Waals surface area (Å²) in [6, 6.07) is 6.41. The van der Waals surface area contributed by atoms with Crippen LogP contribution in [0, 0.1) is 6.92 Å². The summed E-state index contributed by atoms with van der Waals surface area (Å²) in [6.07, 6.45) is 1.43. The number of ether oxygens (including phenoxy) is 1. The highest BCUT2D eigenvalue weighted by Gasteiger charge is 2.17. The van der Waals surface area contributed by atoms with Gasteiger partial charge in [-0.1, -0.05) is 12.1 Å². The quantitative estimate of drug-likeness (QED) is 0.548. The summed E-state index contributed by atoms with van der Waals surface area (Å²) in [5, 5.41) is 0. The molecule has 0 bridgehead atoms. The monoisotopic (exact) mass is 148 g/mol. The fourth-order valence-electron chi connectivity index (χ4n) is 1.51. The predicted molar refractivity (Wildman–Crippen MR) is 45.0 cm³/mol. The molecule has 1 aromatic carbocycles. The highest BCUT2D eigenvalue weighted by atomic mass is 16.5. The van der Waals surface area contributed by atoms with E-state index in [1.165, 1.54) is 11.1 Å². The van der Waals surface area contributed by atoms with E-state index in [0.717, 1.165) is 12.2 Å². The largest absolute Gasteiger partial charge is 0.490 e. The molecule has 2 rings (SSSR count). The van der Waals surface area contributed by atoms with Crippen molar-refractivity contribution < 1.29 is 4.74 Å². The molecule has 0 N–H and O–H groups in total. The zero-order chi connectivity index (χ0) is 7.84. The Kier molecular flexibility index (Phi) is 1.38. The Morgan fingerprint density at radius 1 is 1.45 bits per heavy atom. The molecule has 58 valence electrons. The topological polar surface area (TPSA) is 9.23 Å². The van der Waals surface area contributed by atoms with Gasteiger partial charge in [-0.2, -0.15) is 0 Å². The van der Waals surface area contributed by atoms with Crippen LogP contribution in [0.4, 0.5) is 0 Å². The lowest BCUT2D eigenvalue weighted by molar-refractivity contribution is 0.254. The van der Waals surface area contributed by atoms with E-state index in [4.69, 9.17) is 4.74 Å². The fourth-order valence-corrected chi connectivity index (χ4v) is 1.51. The van der Waals surface area contributed by atoms with Crippen molar-refractivity contribution >= 4 is 0 Å². The minimum Gasteiger partial charge on any atom is -0.490 e. The number of benzene rings is 1. The minimum atomic E-state index is 0.367. The standard InChI is InChI=1S/C10H12O/c1-7-3-4-9-6-8(2)11-10(9)5-7/h3-5,8H,6H2,1-2H3/t8-/m1/s1. The lowest BCUT2D eigenvalue weighted by Crippen LogP contribution is -2.05. The van der Waals surface area contributed by atoms with Gasteiger partial charge >= 0.3 is 0 Å². The third kappa shape index (κ3) is 1.11. The summed E-state index contributed by atoms with van der Waals surface area (Å²) >= 11 is 0. The van der Waals surface area contributed by atoms with Gasteiger partial charge in [0, 0.05) is 6.42 Å². The Bertz CT molecular complexity index is 278. The normalized spacial score (nSPS) is 21.1. The third-order valence-electron chi connectivity index (χ3n) is 2.06. The van der Waals surface area contributed by atoms with Gasteiger partial charge in [-0.05, 0) is 31.0 Å². The van der Waals surface area contributed by atoms with Crippen LogP contribution in [0.1, 0.15) is 18.1 Å². The molecule has 1 atom stereocenters. The third-order valence-corrected chi connectivity index (χ3v) is 2.06. The predicted octanol–water partition coefficient (Wildman–Crippen LogP) is 2.32. The highest BCUT2D eigenvalue weighted by molar-refractivity contribution is 5.40. The second-order valence-corrected chi connectivity index (χ2v) is 3.24. The van der Waals surface area contributed by atoms with Gasteiger partial charge in [-0.25, -0.2) is 0 Å². The SMILES string of the molecule is Cc1ccc2c(c1)O[C@H](C)C2.